The van der Waals surface area contributed by atoms with Gasteiger partial charge in [-0.2, -0.15) is 0 Å². The third-order valence-electron chi connectivity index (χ3n) is 6.92. The Hall–Kier alpha value is -2.65. The predicted octanol–water partition coefficient (Wildman–Crippen LogP) is 4.36. The van der Waals surface area contributed by atoms with E-state index in [0.29, 0.717) is 48.2 Å². The molecular formula is C26H27Cl2FN4O3. The number of hydrogen-bond donors (Lipinski definition) is 2. The summed E-state index contributed by atoms with van der Waals surface area (Å²) in [6.07, 6.45) is 0.644. The van der Waals surface area contributed by atoms with Gasteiger partial charge in [-0.3, -0.25) is 14.5 Å². The van der Waals surface area contributed by atoms with Gasteiger partial charge in [-0.1, -0.05) is 23.2 Å². The molecule has 2 aliphatic rings. The maximum atomic E-state index is 14.8. The fraction of sp³-hybridized carbons (Fsp3) is 0.385. The Morgan fingerprint density at radius 3 is 2.72 bits per heavy atom. The van der Waals surface area contributed by atoms with Crippen molar-refractivity contribution in [3.8, 4) is 0 Å². The van der Waals surface area contributed by atoms with E-state index in [1.807, 2.05) is 19.1 Å². The van der Waals surface area contributed by atoms with E-state index in [1.54, 1.807) is 17.0 Å². The number of H-pyrrole nitrogens is 1. The number of carbonyl (C=O) groups excluding carboxylic acids is 1. The fourth-order valence-electron chi connectivity index (χ4n) is 5.08. The molecule has 190 valence electrons. The first kappa shape index (κ1) is 25.0. The van der Waals surface area contributed by atoms with E-state index in [4.69, 9.17) is 27.9 Å². The van der Waals surface area contributed by atoms with Crippen molar-refractivity contribution in [3.63, 3.8) is 0 Å². The third-order valence-corrected chi connectivity index (χ3v) is 7.45. The molecule has 2 aliphatic heterocycles. The summed E-state index contributed by atoms with van der Waals surface area (Å²) in [6, 6.07) is 8.00. The highest BCUT2D eigenvalue weighted by Crippen LogP contribution is 2.37. The number of fused-ring (bicyclic) bond motifs is 2. The monoisotopic (exact) mass is 532 g/mol. The van der Waals surface area contributed by atoms with Crippen LogP contribution in [0.15, 0.2) is 35.1 Å². The van der Waals surface area contributed by atoms with Gasteiger partial charge in [0.25, 0.3) is 5.56 Å². The number of rotatable bonds is 5. The van der Waals surface area contributed by atoms with E-state index >= 15 is 0 Å². The maximum Gasteiger partial charge on any atom is 0.256 e. The van der Waals surface area contributed by atoms with Gasteiger partial charge in [-0.25, -0.2) is 4.39 Å². The fourth-order valence-corrected chi connectivity index (χ4v) is 5.77. The van der Waals surface area contributed by atoms with Crippen LogP contribution in [0.25, 0.3) is 10.8 Å². The van der Waals surface area contributed by atoms with Crippen LogP contribution in [0.2, 0.25) is 10.0 Å². The van der Waals surface area contributed by atoms with Gasteiger partial charge in [0.05, 0.1) is 36.9 Å². The van der Waals surface area contributed by atoms with E-state index in [2.05, 4.69) is 15.2 Å². The number of nitrogens with one attached hydrogen (secondary N) is 2. The number of pyridine rings is 1. The van der Waals surface area contributed by atoms with Gasteiger partial charge in [-0.15, -0.1) is 0 Å². The van der Waals surface area contributed by atoms with Gasteiger partial charge < -0.3 is 19.9 Å². The summed E-state index contributed by atoms with van der Waals surface area (Å²) < 4.78 is 20.2. The highest BCUT2D eigenvalue weighted by Gasteiger charge is 2.29. The molecule has 0 bridgehead atoms. The number of anilines is 1. The van der Waals surface area contributed by atoms with Gasteiger partial charge >= 0.3 is 0 Å². The summed E-state index contributed by atoms with van der Waals surface area (Å²) in [6.45, 7) is 5.83. The molecule has 1 aromatic heterocycles. The van der Waals surface area contributed by atoms with Crippen molar-refractivity contribution >= 4 is 45.6 Å². The van der Waals surface area contributed by atoms with E-state index < -0.39 is 5.82 Å². The number of morpholine rings is 1. The molecule has 1 unspecified atom stereocenters. The largest absolute Gasteiger partial charge is 0.379 e. The Kier molecular flexibility index (Phi) is 7.21. The van der Waals surface area contributed by atoms with Crippen LogP contribution in [0.4, 0.5) is 10.1 Å². The van der Waals surface area contributed by atoms with E-state index in [-0.39, 0.29) is 35.1 Å². The van der Waals surface area contributed by atoms with Gasteiger partial charge in [0.2, 0.25) is 5.91 Å². The molecule has 10 heteroatoms. The highest BCUT2D eigenvalue weighted by atomic mass is 35.5. The first-order valence-corrected chi connectivity index (χ1v) is 12.7. The molecule has 2 aromatic carbocycles. The van der Waals surface area contributed by atoms with Gasteiger partial charge in [0, 0.05) is 41.9 Å². The van der Waals surface area contributed by atoms with Crippen molar-refractivity contribution in [3.05, 3.63) is 73.4 Å². The summed E-state index contributed by atoms with van der Waals surface area (Å²) in [7, 11) is 0. The lowest BCUT2D eigenvalue weighted by molar-refractivity contribution is -0.131. The second-order valence-electron chi connectivity index (χ2n) is 9.26. The Bertz CT molecular complexity index is 1370. The van der Waals surface area contributed by atoms with Crippen molar-refractivity contribution in [2.45, 2.75) is 25.9 Å². The van der Waals surface area contributed by atoms with Crippen LogP contribution in [0.5, 0.6) is 0 Å². The minimum absolute atomic E-state index is 0.0862. The first-order chi connectivity index (χ1) is 17.3. The Balaban J connectivity index is 1.32. The summed E-state index contributed by atoms with van der Waals surface area (Å²) in [4.78, 5) is 32.5. The van der Waals surface area contributed by atoms with Crippen molar-refractivity contribution < 1.29 is 13.9 Å². The summed E-state index contributed by atoms with van der Waals surface area (Å²) >= 11 is 12.6. The van der Waals surface area contributed by atoms with E-state index in [1.165, 1.54) is 6.07 Å². The molecule has 1 amide bonds. The Morgan fingerprint density at radius 2 is 1.94 bits per heavy atom. The number of nitrogens with zero attached hydrogens (tertiary/aromatic N) is 2. The summed E-state index contributed by atoms with van der Waals surface area (Å²) in [5, 5.41) is 4.92. The number of benzene rings is 2. The van der Waals surface area contributed by atoms with Crippen LogP contribution in [0, 0.1) is 5.82 Å². The SMILES string of the molecule is CC1c2c(Cl)cc(Cl)cc2CCN1C(=O)CNc1cc2cc(CN3CCOCC3)[nH]c(=O)c2cc1F. The molecule has 3 aromatic rings. The van der Waals surface area contributed by atoms with Crippen molar-refractivity contribution in [2.24, 2.45) is 0 Å². The quantitative estimate of drug-likeness (QED) is 0.510. The van der Waals surface area contributed by atoms with Crippen molar-refractivity contribution in [1.29, 1.82) is 0 Å². The van der Waals surface area contributed by atoms with Gasteiger partial charge in [-0.05, 0) is 60.2 Å². The zero-order chi connectivity index (χ0) is 25.4. The number of aromatic nitrogens is 1. The average molecular weight is 533 g/mol. The number of amides is 1. The molecule has 36 heavy (non-hydrogen) atoms. The lowest BCUT2D eigenvalue weighted by atomic mass is 9.93. The second kappa shape index (κ2) is 10.4. The lowest BCUT2D eigenvalue weighted by Gasteiger charge is -2.36. The molecule has 1 saturated heterocycles. The minimum Gasteiger partial charge on any atom is -0.379 e. The summed E-state index contributed by atoms with van der Waals surface area (Å²) in [5.41, 5.74) is 2.52. The van der Waals surface area contributed by atoms with Crippen LogP contribution in [0.1, 0.15) is 29.8 Å². The van der Waals surface area contributed by atoms with Crippen LogP contribution in [0.3, 0.4) is 0 Å². The van der Waals surface area contributed by atoms with Crippen LogP contribution < -0.4 is 10.9 Å². The topological polar surface area (TPSA) is 77.7 Å². The van der Waals surface area contributed by atoms with Gasteiger partial charge in [0.1, 0.15) is 5.82 Å². The smallest absolute Gasteiger partial charge is 0.256 e. The Morgan fingerprint density at radius 1 is 1.17 bits per heavy atom. The zero-order valence-electron chi connectivity index (χ0n) is 19.9. The van der Waals surface area contributed by atoms with Crippen LogP contribution >= 0.6 is 23.2 Å². The molecule has 2 N–H and O–H groups in total. The van der Waals surface area contributed by atoms with Crippen molar-refractivity contribution in [2.75, 3.05) is 44.7 Å². The molecular weight excluding hydrogens is 506 g/mol. The number of hydrogen-bond acceptors (Lipinski definition) is 5. The van der Waals surface area contributed by atoms with E-state index in [9.17, 15) is 14.0 Å². The molecule has 1 atom stereocenters. The van der Waals surface area contributed by atoms with Gasteiger partial charge in [0.15, 0.2) is 0 Å². The van der Waals surface area contributed by atoms with Crippen LogP contribution in [-0.2, 0) is 22.5 Å². The molecule has 1 fully saturated rings. The standard InChI is InChI=1S/C26H27Cl2FN4O3/c1-15-25-16(8-18(27)11-21(25)28)2-3-33(15)24(34)13-30-23-10-17-9-19(14-32-4-6-36-7-5-32)31-26(35)20(17)12-22(23)29/h8-12,15,30H,2-7,13-14H2,1H3,(H,31,35). The molecule has 5 rings (SSSR count). The van der Waals surface area contributed by atoms with Crippen LogP contribution in [-0.4, -0.2) is 60.1 Å². The molecule has 0 spiro atoms. The number of halogens is 3. The normalized spacial score (nSPS) is 18.3. The Labute approximate surface area is 218 Å². The highest BCUT2D eigenvalue weighted by molar-refractivity contribution is 6.35. The molecule has 7 nitrogen and oxygen atoms in total. The zero-order valence-corrected chi connectivity index (χ0v) is 21.4. The summed E-state index contributed by atoms with van der Waals surface area (Å²) in [5.74, 6) is -0.756. The first-order valence-electron chi connectivity index (χ1n) is 12.0. The molecule has 3 heterocycles. The number of ether oxygens (including phenoxy) is 1. The predicted molar refractivity (Wildman–Crippen MR) is 139 cm³/mol. The molecule has 0 aliphatic carbocycles. The second-order valence-corrected chi connectivity index (χ2v) is 10.1. The van der Waals surface area contributed by atoms with E-state index in [0.717, 1.165) is 29.9 Å². The number of carbonyl (C=O) groups is 1. The lowest BCUT2D eigenvalue weighted by Crippen LogP contribution is -2.42. The molecule has 0 saturated carbocycles. The number of aromatic amines is 1. The minimum atomic E-state index is -0.587. The average Bonchev–Trinajstić information content (AvgIpc) is 2.83. The third kappa shape index (κ3) is 5.09. The van der Waals surface area contributed by atoms with Crippen molar-refractivity contribution in [1.82, 2.24) is 14.8 Å². The maximum absolute atomic E-state index is 14.8. The molecule has 0 radical (unpaired) electrons.